The Labute approximate surface area is 123 Å². The molecular formula is C14H19ClN2O3. The van der Waals surface area contributed by atoms with Crippen LogP contribution >= 0.6 is 11.6 Å². The molecule has 0 heterocycles. The van der Waals surface area contributed by atoms with Gasteiger partial charge in [-0.1, -0.05) is 26.0 Å². The molecule has 0 spiro atoms. The predicted molar refractivity (Wildman–Crippen MR) is 79.3 cm³/mol. The molecule has 5 nitrogen and oxygen atoms in total. The average Bonchev–Trinajstić information content (AvgIpc) is 2.35. The summed E-state index contributed by atoms with van der Waals surface area (Å²) in [5.74, 6) is 0.0883. The van der Waals surface area contributed by atoms with Gasteiger partial charge in [0.15, 0.2) is 0 Å². The quantitative estimate of drug-likeness (QED) is 0.497. The summed E-state index contributed by atoms with van der Waals surface area (Å²) in [6.45, 7) is 6.08. The number of benzene rings is 1. The standard InChI is InChI=1S/C14H19ClN2O3/c1-10-5-4-6-11(17(19)20)12(10)13(18)16-9-14(2,3)7-8-15/h4-6H,7-9H2,1-3H3,(H,16,18). The molecule has 20 heavy (non-hydrogen) atoms. The second-order valence-corrected chi connectivity index (χ2v) is 5.89. The summed E-state index contributed by atoms with van der Waals surface area (Å²) in [5.41, 5.74) is 0.401. The van der Waals surface area contributed by atoms with E-state index >= 15 is 0 Å². The molecule has 0 atom stereocenters. The number of nitro benzene ring substituents is 1. The van der Waals surface area contributed by atoms with E-state index in [9.17, 15) is 14.9 Å². The van der Waals surface area contributed by atoms with E-state index in [1.165, 1.54) is 6.07 Å². The minimum atomic E-state index is -0.536. The molecule has 0 saturated carbocycles. The molecule has 0 saturated heterocycles. The Kier molecular flexibility index (Phi) is 5.51. The maximum atomic E-state index is 12.2. The third-order valence-corrected chi connectivity index (χ3v) is 3.36. The van der Waals surface area contributed by atoms with Gasteiger partial charge in [-0.2, -0.15) is 0 Å². The monoisotopic (exact) mass is 298 g/mol. The molecule has 1 N–H and O–H groups in total. The zero-order valence-electron chi connectivity index (χ0n) is 11.9. The van der Waals surface area contributed by atoms with E-state index < -0.39 is 10.8 Å². The SMILES string of the molecule is Cc1cccc([N+](=O)[O-])c1C(=O)NCC(C)(C)CCCl. The smallest absolute Gasteiger partial charge is 0.282 e. The number of aryl methyl sites for hydroxylation is 1. The maximum Gasteiger partial charge on any atom is 0.282 e. The van der Waals surface area contributed by atoms with Crippen molar-refractivity contribution in [2.24, 2.45) is 5.41 Å². The van der Waals surface area contributed by atoms with Gasteiger partial charge in [0.2, 0.25) is 0 Å². The Morgan fingerprint density at radius 2 is 2.10 bits per heavy atom. The predicted octanol–water partition coefficient (Wildman–Crippen LogP) is 3.29. The first kappa shape index (κ1) is 16.4. The van der Waals surface area contributed by atoms with E-state index in [0.29, 0.717) is 18.0 Å². The van der Waals surface area contributed by atoms with Crippen LogP contribution in [0.4, 0.5) is 5.69 Å². The number of amides is 1. The average molecular weight is 299 g/mol. The van der Waals surface area contributed by atoms with Crippen LogP contribution in [0.2, 0.25) is 0 Å². The largest absolute Gasteiger partial charge is 0.351 e. The molecule has 0 bridgehead atoms. The molecule has 0 radical (unpaired) electrons. The van der Waals surface area contributed by atoms with Gasteiger partial charge in [0.05, 0.1) is 4.92 Å². The topological polar surface area (TPSA) is 72.2 Å². The van der Waals surface area contributed by atoms with Gasteiger partial charge in [0.1, 0.15) is 5.56 Å². The van der Waals surface area contributed by atoms with Crippen molar-refractivity contribution < 1.29 is 9.72 Å². The summed E-state index contributed by atoms with van der Waals surface area (Å²) in [4.78, 5) is 22.6. The zero-order chi connectivity index (χ0) is 15.3. The highest BCUT2D eigenvalue weighted by atomic mass is 35.5. The number of hydrogen-bond acceptors (Lipinski definition) is 3. The molecule has 0 aliphatic heterocycles. The lowest BCUT2D eigenvalue weighted by molar-refractivity contribution is -0.385. The highest BCUT2D eigenvalue weighted by Gasteiger charge is 2.24. The van der Waals surface area contributed by atoms with E-state index in [4.69, 9.17) is 11.6 Å². The van der Waals surface area contributed by atoms with Crippen molar-refractivity contribution in [2.75, 3.05) is 12.4 Å². The normalized spacial score (nSPS) is 11.2. The molecule has 1 rings (SSSR count). The van der Waals surface area contributed by atoms with Crippen LogP contribution in [0.15, 0.2) is 18.2 Å². The number of nitro groups is 1. The summed E-state index contributed by atoms with van der Waals surface area (Å²) >= 11 is 5.71. The zero-order valence-corrected chi connectivity index (χ0v) is 12.7. The lowest BCUT2D eigenvalue weighted by atomic mass is 9.90. The van der Waals surface area contributed by atoms with Crippen LogP contribution in [0.1, 0.15) is 36.2 Å². The summed E-state index contributed by atoms with van der Waals surface area (Å²) in [5, 5.41) is 13.7. The minimum absolute atomic E-state index is 0.124. The van der Waals surface area contributed by atoms with Crippen molar-refractivity contribution >= 4 is 23.2 Å². The number of alkyl halides is 1. The Morgan fingerprint density at radius 1 is 1.45 bits per heavy atom. The second-order valence-electron chi connectivity index (χ2n) is 5.51. The highest BCUT2D eigenvalue weighted by molar-refractivity contribution is 6.17. The van der Waals surface area contributed by atoms with Gasteiger partial charge in [-0.25, -0.2) is 0 Å². The number of nitrogens with one attached hydrogen (secondary N) is 1. The number of carbonyl (C=O) groups is 1. The molecule has 0 aliphatic carbocycles. The molecule has 1 amide bonds. The molecule has 1 aromatic rings. The lowest BCUT2D eigenvalue weighted by Gasteiger charge is -2.23. The Hall–Kier alpha value is -1.62. The summed E-state index contributed by atoms with van der Waals surface area (Å²) in [6, 6.07) is 4.60. The van der Waals surface area contributed by atoms with E-state index in [2.05, 4.69) is 5.32 Å². The van der Waals surface area contributed by atoms with Gasteiger partial charge in [-0.15, -0.1) is 11.6 Å². The van der Waals surface area contributed by atoms with Crippen molar-refractivity contribution in [3.8, 4) is 0 Å². The molecule has 6 heteroatoms. The van der Waals surface area contributed by atoms with Crippen LogP contribution in [0.5, 0.6) is 0 Å². The van der Waals surface area contributed by atoms with Crippen LogP contribution in [-0.4, -0.2) is 23.3 Å². The summed E-state index contributed by atoms with van der Waals surface area (Å²) in [7, 11) is 0. The third kappa shape index (κ3) is 4.20. The molecule has 0 aromatic heterocycles. The molecule has 0 unspecified atom stereocenters. The van der Waals surface area contributed by atoms with E-state index in [1.54, 1.807) is 19.1 Å². The first-order chi connectivity index (χ1) is 9.28. The third-order valence-electron chi connectivity index (χ3n) is 3.17. The van der Waals surface area contributed by atoms with Gasteiger partial charge in [-0.05, 0) is 24.3 Å². The van der Waals surface area contributed by atoms with Crippen molar-refractivity contribution in [3.05, 3.63) is 39.4 Å². The van der Waals surface area contributed by atoms with Crippen molar-refractivity contribution in [3.63, 3.8) is 0 Å². The van der Waals surface area contributed by atoms with Gasteiger partial charge >= 0.3 is 0 Å². The minimum Gasteiger partial charge on any atom is -0.351 e. The van der Waals surface area contributed by atoms with Gasteiger partial charge in [0, 0.05) is 18.5 Å². The van der Waals surface area contributed by atoms with E-state index in [-0.39, 0.29) is 16.7 Å². The van der Waals surface area contributed by atoms with E-state index in [1.807, 2.05) is 13.8 Å². The maximum absolute atomic E-state index is 12.2. The Balaban J connectivity index is 2.91. The number of rotatable bonds is 6. The highest BCUT2D eigenvalue weighted by Crippen LogP contribution is 2.23. The van der Waals surface area contributed by atoms with Crippen LogP contribution < -0.4 is 5.32 Å². The number of carbonyl (C=O) groups excluding carboxylic acids is 1. The van der Waals surface area contributed by atoms with Gasteiger partial charge < -0.3 is 5.32 Å². The Morgan fingerprint density at radius 3 is 2.65 bits per heavy atom. The number of hydrogen-bond donors (Lipinski definition) is 1. The van der Waals surface area contributed by atoms with E-state index in [0.717, 1.165) is 6.42 Å². The number of halogens is 1. The van der Waals surface area contributed by atoms with Crippen LogP contribution in [-0.2, 0) is 0 Å². The van der Waals surface area contributed by atoms with Crippen molar-refractivity contribution in [1.82, 2.24) is 5.32 Å². The Bertz CT molecular complexity index is 515. The van der Waals surface area contributed by atoms with Crippen molar-refractivity contribution in [1.29, 1.82) is 0 Å². The first-order valence-electron chi connectivity index (χ1n) is 6.36. The lowest BCUT2D eigenvalue weighted by Crippen LogP contribution is -2.34. The van der Waals surface area contributed by atoms with Crippen LogP contribution in [0.25, 0.3) is 0 Å². The fraction of sp³-hybridized carbons (Fsp3) is 0.500. The van der Waals surface area contributed by atoms with Crippen LogP contribution in [0.3, 0.4) is 0 Å². The number of nitrogens with zero attached hydrogens (tertiary/aromatic N) is 1. The molecule has 110 valence electrons. The second kappa shape index (κ2) is 6.70. The van der Waals surface area contributed by atoms with Crippen molar-refractivity contribution in [2.45, 2.75) is 27.2 Å². The molecule has 0 aliphatic rings. The molecular weight excluding hydrogens is 280 g/mol. The fourth-order valence-electron chi connectivity index (χ4n) is 1.85. The van der Waals surface area contributed by atoms with Crippen LogP contribution in [0, 0.1) is 22.5 Å². The first-order valence-corrected chi connectivity index (χ1v) is 6.90. The summed E-state index contributed by atoms with van der Waals surface area (Å²) in [6.07, 6.45) is 0.755. The van der Waals surface area contributed by atoms with Gasteiger partial charge in [0.25, 0.3) is 11.6 Å². The fourth-order valence-corrected chi connectivity index (χ4v) is 2.36. The molecule has 0 fully saturated rings. The van der Waals surface area contributed by atoms with Gasteiger partial charge in [-0.3, -0.25) is 14.9 Å². The summed E-state index contributed by atoms with van der Waals surface area (Å²) < 4.78 is 0. The molecule has 1 aromatic carbocycles.